The molecule has 20 heavy (non-hydrogen) atoms. The van der Waals surface area contributed by atoms with Crippen molar-refractivity contribution in [2.75, 3.05) is 6.54 Å². The zero-order valence-corrected chi connectivity index (χ0v) is 13.3. The molecule has 0 aromatic heterocycles. The van der Waals surface area contributed by atoms with Gasteiger partial charge < -0.3 is 4.90 Å². The Bertz CT molecular complexity index is 374. The van der Waals surface area contributed by atoms with Crippen LogP contribution in [0.2, 0.25) is 0 Å². The molecule has 0 bridgehead atoms. The van der Waals surface area contributed by atoms with E-state index in [1.54, 1.807) is 0 Å². The number of carbonyl (C=O) groups is 1. The van der Waals surface area contributed by atoms with Crippen molar-refractivity contribution in [3.63, 3.8) is 0 Å². The summed E-state index contributed by atoms with van der Waals surface area (Å²) in [7, 11) is 0. The molecule has 3 fully saturated rings. The summed E-state index contributed by atoms with van der Waals surface area (Å²) in [6, 6.07) is 0.462. The smallest absolute Gasteiger partial charge is 0.228 e. The van der Waals surface area contributed by atoms with Crippen molar-refractivity contribution in [3.8, 4) is 0 Å². The SMILES string of the molecule is CC(C)(C)C1CC[C@H]2N[C@H]3CCCCC3C(=O)N2CC1. The molecule has 1 amide bonds. The molecule has 3 heteroatoms. The number of fused-ring (bicyclic) bond motifs is 2. The Morgan fingerprint density at radius 3 is 2.55 bits per heavy atom. The molecule has 3 rings (SSSR count). The Balaban J connectivity index is 1.73. The lowest BCUT2D eigenvalue weighted by molar-refractivity contribution is -0.146. The Kier molecular flexibility index (Phi) is 3.83. The molecule has 0 aromatic carbocycles. The van der Waals surface area contributed by atoms with E-state index in [-0.39, 0.29) is 5.92 Å². The molecule has 3 nitrogen and oxygen atoms in total. The molecule has 2 saturated heterocycles. The number of amides is 1. The molecule has 1 aliphatic carbocycles. The van der Waals surface area contributed by atoms with E-state index in [1.165, 1.54) is 32.1 Å². The third kappa shape index (κ3) is 2.61. The van der Waals surface area contributed by atoms with Crippen LogP contribution in [0.1, 0.15) is 65.7 Å². The second-order valence-electron chi connectivity index (χ2n) is 8.14. The molecule has 1 N–H and O–H groups in total. The van der Waals surface area contributed by atoms with Crippen molar-refractivity contribution in [3.05, 3.63) is 0 Å². The highest BCUT2D eigenvalue weighted by Crippen LogP contribution is 2.38. The third-order valence-corrected chi connectivity index (χ3v) is 5.88. The number of rotatable bonds is 0. The Morgan fingerprint density at radius 1 is 1.05 bits per heavy atom. The van der Waals surface area contributed by atoms with Gasteiger partial charge in [-0.3, -0.25) is 10.1 Å². The number of carbonyl (C=O) groups excluding carboxylic acids is 1. The van der Waals surface area contributed by atoms with E-state index in [0.717, 1.165) is 25.3 Å². The van der Waals surface area contributed by atoms with Gasteiger partial charge in [-0.15, -0.1) is 0 Å². The molecule has 0 aromatic rings. The van der Waals surface area contributed by atoms with E-state index in [4.69, 9.17) is 0 Å². The van der Waals surface area contributed by atoms with Crippen LogP contribution in [0.25, 0.3) is 0 Å². The lowest BCUT2D eigenvalue weighted by atomic mass is 9.76. The minimum Gasteiger partial charge on any atom is -0.327 e. The van der Waals surface area contributed by atoms with E-state index in [0.29, 0.717) is 23.5 Å². The molecule has 1 saturated carbocycles. The minimum absolute atomic E-state index is 0.270. The van der Waals surface area contributed by atoms with Gasteiger partial charge in [0.2, 0.25) is 5.91 Å². The van der Waals surface area contributed by atoms with Crippen molar-refractivity contribution in [1.82, 2.24) is 10.2 Å². The highest BCUT2D eigenvalue weighted by molar-refractivity contribution is 5.81. The van der Waals surface area contributed by atoms with E-state index < -0.39 is 0 Å². The summed E-state index contributed by atoms with van der Waals surface area (Å²) in [6.07, 6.45) is 8.70. The van der Waals surface area contributed by atoms with Gasteiger partial charge in [0.1, 0.15) is 0 Å². The average Bonchev–Trinajstić information content (AvgIpc) is 2.61. The molecular weight excluding hydrogens is 248 g/mol. The van der Waals surface area contributed by atoms with Gasteiger partial charge in [0.25, 0.3) is 0 Å². The molecule has 4 atom stereocenters. The van der Waals surface area contributed by atoms with E-state index in [1.807, 2.05) is 0 Å². The van der Waals surface area contributed by atoms with Gasteiger partial charge >= 0.3 is 0 Å². The van der Waals surface area contributed by atoms with Crippen LogP contribution < -0.4 is 5.32 Å². The maximum atomic E-state index is 12.8. The minimum atomic E-state index is 0.270. The van der Waals surface area contributed by atoms with Crippen molar-refractivity contribution in [2.24, 2.45) is 17.3 Å². The predicted octanol–water partition coefficient (Wildman–Crippen LogP) is 3.15. The topological polar surface area (TPSA) is 32.3 Å². The zero-order valence-electron chi connectivity index (χ0n) is 13.3. The van der Waals surface area contributed by atoms with E-state index in [9.17, 15) is 4.79 Å². The summed E-state index contributed by atoms with van der Waals surface area (Å²) in [5.41, 5.74) is 0.365. The van der Waals surface area contributed by atoms with Gasteiger partial charge in [-0.1, -0.05) is 33.6 Å². The number of hydrogen-bond acceptors (Lipinski definition) is 2. The Morgan fingerprint density at radius 2 is 1.80 bits per heavy atom. The molecule has 2 aliphatic heterocycles. The molecule has 114 valence electrons. The predicted molar refractivity (Wildman–Crippen MR) is 81.2 cm³/mol. The number of hydrogen-bond donors (Lipinski definition) is 1. The maximum absolute atomic E-state index is 12.8. The first kappa shape index (κ1) is 14.4. The fourth-order valence-corrected chi connectivity index (χ4v) is 4.50. The summed E-state index contributed by atoms with van der Waals surface area (Å²) < 4.78 is 0. The van der Waals surface area contributed by atoms with Gasteiger partial charge in [0.15, 0.2) is 0 Å². The second-order valence-corrected chi connectivity index (χ2v) is 8.14. The summed E-state index contributed by atoms with van der Waals surface area (Å²) in [5.74, 6) is 1.46. The van der Waals surface area contributed by atoms with E-state index >= 15 is 0 Å². The Labute approximate surface area is 123 Å². The normalized spacial score (nSPS) is 39.0. The average molecular weight is 278 g/mol. The first-order valence-electron chi connectivity index (χ1n) is 8.53. The maximum Gasteiger partial charge on any atom is 0.228 e. The van der Waals surface area contributed by atoms with E-state index in [2.05, 4.69) is 31.0 Å². The number of nitrogens with one attached hydrogen (secondary N) is 1. The quantitative estimate of drug-likeness (QED) is 0.738. The largest absolute Gasteiger partial charge is 0.327 e. The highest BCUT2D eigenvalue weighted by Gasteiger charge is 2.43. The molecular formula is C17H30N2O. The van der Waals surface area contributed by atoms with Crippen molar-refractivity contribution < 1.29 is 4.79 Å². The van der Waals surface area contributed by atoms with Crippen LogP contribution in [-0.4, -0.2) is 29.6 Å². The fourth-order valence-electron chi connectivity index (χ4n) is 4.50. The first-order valence-corrected chi connectivity index (χ1v) is 8.53. The zero-order chi connectivity index (χ0) is 14.3. The van der Waals surface area contributed by atoms with Gasteiger partial charge in [-0.05, 0) is 43.4 Å². The highest BCUT2D eigenvalue weighted by atomic mass is 16.2. The van der Waals surface area contributed by atoms with Crippen molar-refractivity contribution >= 4 is 5.91 Å². The molecule has 2 heterocycles. The lowest BCUT2D eigenvalue weighted by Gasteiger charge is -2.45. The van der Waals surface area contributed by atoms with Crippen LogP contribution in [0.5, 0.6) is 0 Å². The second kappa shape index (κ2) is 5.32. The third-order valence-electron chi connectivity index (χ3n) is 5.88. The first-order chi connectivity index (χ1) is 9.47. The fraction of sp³-hybridized carbons (Fsp3) is 0.941. The summed E-state index contributed by atoms with van der Waals surface area (Å²) >= 11 is 0. The van der Waals surface area contributed by atoms with Gasteiger partial charge in [0.05, 0.1) is 12.1 Å². The number of nitrogens with zero attached hydrogens (tertiary/aromatic N) is 1. The monoisotopic (exact) mass is 278 g/mol. The molecule has 0 radical (unpaired) electrons. The summed E-state index contributed by atoms with van der Waals surface area (Å²) in [6.45, 7) is 7.99. The summed E-state index contributed by atoms with van der Waals surface area (Å²) in [4.78, 5) is 15.0. The molecule has 0 spiro atoms. The van der Waals surface area contributed by atoms with Crippen molar-refractivity contribution in [1.29, 1.82) is 0 Å². The Hall–Kier alpha value is -0.570. The summed E-state index contributed by atoms with van der Waals surface area (Å²) in [5, 5.41) is 3.80. The van der Waals surface area contributed by atoms with Crippen LogP contribution in [0, 0.1) is 17.3 Å². The molecule has 3 aliphatic rings. The van der Waals surface area contributed by atoms with Crippen molar-refractivity contribution in [2.45, 2.75) is 77.9 Å². The van der Waals surface area contributed by atoms with Gasteiger partial charge in [-0.25, -0.2) is 0 Å². The molecule has 2 unspecified atom stereocenters. The van der Waals surface area contributed by atoms with Crippen LogP contribution in [0.15, 0.2) is 0 Å². The van der Waals surface area contributed by atoms with Gasteiger partial charge in [0, 0.05) is 12.6 Å². The van der Waals surface area contributed by atoms with Crippen LogP contribution in [0.4, 0.5) is 0 Å². The van der Waals surface area contributed by atoms with Crippen LogP contribution >= 0.6 is 0 Å². The van der Waals surface area contributed by atoms with Crippen LogP contribution in [-0.2, 0) is 4.79 Å². The van der Waals surface area contributed by atoms with Crippen LogP contribution in [0.3, 0.4) is 0 Å². The van der Waals surface area contributed by atoms with Gasteiger partial charge in [-0.2, -0.15) is 0 Å². The standard InChI is InChI=1S/C17H30N2O/c1-17(2,3)12-8-9-15-18-14-7-5-4-6-13(14)16(20)19(15)11-10-12/h12-15,18H,4-11H2,1-3H3/t12?,13?,14-,15-/m0/s1. The lowest BCUT2D eigenvalue weighted by Crippen LogP contribution is -2.63.